The molecule has 2 aliphatic heterocycles. The van der Waals surface area contributed by atoms with Crippen LogP contribution < -0.4 is 5.32 Å². The van der Waals surface area contributed by atoms with Gasteiger partial charge in [0.2, 0.25) is 5.91 Å². The molecule has 0 radical (unpaired) electrons. The van der Waals surface area contributed by atoms with E-state index >= 15 is 0 Å². The molecule has 0 aliphatic carbocycles. The Morgan fingerprint density at radius 2 is 2.06 bits per heavy atom. The summed E-state index contributed by atoms with van der Waals surface area (Å²) in [6.45, 7) is 9.08. The van der Waals surface area contributed by atoms with E-state index < -0.39 is 0 Å². The number of hydrogen-bond donors (Lipinski definition) is 1. The number of likely N-dealkylation sites (tertiary alicyclic amines) is 2. The molecule has 1 unspecified atom stereocenters. The number of nitrogens with zero attached hydrogens (tertiary/aromatic N) is 2. The number of carbonyl (C=O) groups excluding carboxylic acids is 1. The van der Waals surface area contributed by atoms with Crippen LogP contribution in [0.25, 0.3) is 0 Å². The Balaban J connectivity index is 1.73. The zero-order valence-corrected chi connectivity index (χ0v) is 11.2. The molecule has 4 heteroatoms. The number of carbonyl (C=O) groups is 1. The van der Waals surface area contributed by atoms with Gasteiger partial charge in [0.25, 0.3) is 0 Å². The van der Waals surface area contributed by atoms with Gasteiger partial charge in [-0.15, -0.1) is 6.58 Å². The first-order valence-electron chi connectivity index (χ1n) is 7.14. The standard InChI is InChI=1S/C14H25N3O/c1-2-7-15-11-14(18)17-10-6-13(12-17)16-8-4-3-5-9-16/h2,13,15H,1,3-12H2. The van der Waals surface area contributed by atoms with Gasteiger partial charge in [0, 0.05) is 25.7 Å². The topological polar surface area (TPSA) is 35.6 Å². The SMILES string of the molecule is C=CCNCC(=O)N1CCC(N2CCCCC2)C1. The average molecular weight is 251 g/mol. The molecule has 0 saturated carbocycles. The number of amides is 1. The highest BCUT2D eigenvalue weighted by Crippen LogP contribution is 2.19. The van der Waals surface area contributed by atoms with Gasteiger partial charge < -0.3 is 10.2 Å². The number of piperidine rings is 1. The lowest BCUT2D eigenvalue weighted by atomic mass is 10.1. The van der Waals surface area contributed by atoms with E-state index in [1.54, 1.807) is 6.08 Å². The van der Waals surface area contributed by atoms with Crippen LogP contribution >= 0.6 is 0 Å². The molecule has 0 aromatic rings. The Labute approximate surface area is 110 Å². The molecule has 2 fully saturated rings. The van der Waals surface area contributed by atoms with Crippen molar-refractivity contribution in [3.8, 4) is 0 Å². The summed E-state index contributed by atoms with van der Waals surface area (Å²) in [6.07, 6.45) is 6.95. The van der Waals surface area contributed by atoms with Crippen LogP contribution in [0.1, 0.15) is 25.7 Å². The van der Waals surface area contributed by atoms with Crippen molar-refractivity contribution in [2.45, 2.75) is 31.7 Å². The average Bonchev–Trinajstić information content (AvgIpc) is 2.89. The maximum absolute atomic E-state index is 12.0. The summed E-state index contributed by atoms with van der Waals surface area (Å²) in [6, 6.07) is 0.605. The molecule has 0 spiro atoms. The van der Waals surface area contributed by atoms with Crippen LogP contribution in [-0.2, 0) is 4.79 Å². The summed E-state index contributed by atoms with van der Waals surface area (Å²) >= 11 is 0. The largest absolute Gasteiger partial charge is 0.340 e. The Hall–Kier alpha value is -0.870. The summed E-state index contributed by atoms with van der Waals surface area (Å²) in [7, 11) is 0. The van der Waals surface area contributed by atoms with E-state index in [1.807, 2.05) is 4.90 Å². The maximum atomic E-state index is 12.0. The van der Waals surface area contributed by atoms with Gasteiger partial charge in [-0.1, -0.05) is 12.5 Å². The molecule has 0 aromatic heterocycles. The molecular weight excluding hydrogens is 226 g/mol. The number of rotatable bonds is 5. The predicted molar refractivity (Wildman–Crippen MR) is 73.5 cm³/mol. The third kappa shape index (κ3) is 3.56. The summed E-state index contributed by atoms with van der Waals surface area (Å²) in [5, 5.41) is 3.08. The molecule has 0 bridgehead atoms. The number of nitrogens with one attached hydrogen (secondary N) is 1. The lowest BCUT2D eigenvalue weighted by molar-refractivity contribution is -0.129. The minimum Gasteiger partial charge on any atom is -0.340 e. The van der Waals surface area contributed by atoms with Gasteiger partial charge in [0.15, 0.2) is 0 Å². The van der Waals surface area contributed by atoms with Crippen molar-refractivity contribution in [3.63, 3.8) is 0 Å². The second kappa shape index (κ2) is 6.90. The van der Waals surface area contributed by atoms with Crippen LogP contribution in [0.3, 0.4) is 0 Å². The first-order valence-corrected chi connectivity index (χ1v) is 7.14. The molecule has 2 aliphatic rings. The van der Waals surface area contributed by atoms with Crippen LogP contribution in [0.15, 0.2) is 12.7 Å². The van der Waals surface area contributed by atoms with Gasteiger partial charge >= 0.3 is 0 Å². The molecule has 0 aromatic carbocycles. The van der Waals surface area contributed by atoms with Crippen LogP contribution in [-0.4, -0.2) is 61.0 Å². The second-order valence-electron chi connectivity index (χ2n) is 5.30. The molecule has 4 nitrogen and oxygen atoms in total. The third-order valence-electron chi connectivity index (χ3n) is 3.99. The predicted octanol–water partition coefficient (Wildman–Crippen LogP) is 0.849. The highest BCUT2D eigenvalue weighted by atomic mass is 16.2. The molecule has 1 N–H and O–H groups in total. The van der Waals surface area contributed by atoms with Gasteiger partial charge in [-0.05, 0) is 32.4 Å². The Morgan fingerprint density at radius 1 is 1.28 bits per heavy atom. The third-order valence-corrected chi connectivity index (χ3v) is 3.99. The van der Waals surface area contributed by atoms with Crippen LogP contribution in [0, 0.1) is 0 Å². The molecule has 1 amide bonds. The highest BCUT2D eigenvalue weighted by molar-refractivity contribution is 5.78. The van der Waals surface area contributed by atoms with E-state index in [0.29, 0.717) is 19.1 Å². The lowest BCUT2D eigenvalue weighted by Gasteiger charge is -2.32. The summed E-state index contributed by atoms with van der Waals surface area (Å²) in [4.78, 5) is 16.5. The van der Waals surface area contributed by atoms with E-state index in [9.17, 15) is 4.79 Å². The first-order chi connectivity index (χ1) is 8.81. The Bertz CT molecular complexity index is 287. The number of hydrogen-bond acceptors (Lipinski definition) is 3. The van der Waals surface area contributed by atoms with E-state index in [-0.39, 0.29) is 5.91 Å². The Morgan fingerprint density at radius 3 is 2.78 bits per heavy atom. The Kier molecular flexibility index (Phi) is 5.20. The monoisotopic (exact) mass is 251 g/mol. The molecule has 18 heavy (non-hydrogen) atoms. The minimum atomic E-state index is 0.233. The fourth-order valence-electron chi connectivity index (χ4n) is 2.94. The van der Waals surface area contributed by atoms with Crippen LogP contribution in [0.5, 0.6) is 0 Å². The fourth-order valence-corrected chi connectivity index (χ4v) is 2.94. The van der Waals surface area contributed by atoms with Crippen molar-refractivity contribution in [2.75, 3.05) is 39.3 Å². The van der Waals surface area contributed by atoms with Gasteiger partial charge in [-0.2, -0.15) is 0 Å². The quantitative estimate of drug-likeness (QED) is 0.581. The zero-order valence-electron chi connectivity index (χ0n) is 11.2. The summed E-state index contributed by atoms with van der Waals surface area (Å²) in [5.41, 5.74) is 0. The van der Waals surface area contributed by atoms with Gasteiger partial charge in [-0.25, -0.2) is 0 Å². The molecular formula is C14H25N3O. The molecule has 2 saturated heterocycles. The van der Waals surface area contributed by atoms with Crippen molar-refractivity contribution in [1.82, 2.24) is 15.1 Å². The van der Waals surface area contributed by atoms with E-state index in [2.05, 4.69) is 16.8 Å². The minimum absolute atomic E-state index is 0.233. The summed E-state index contributed by atoms with van der Waals surface area (Å²) < 4.78 is 0. The van der Waals surface area contributed by atoms with Crippen molar-refractivity contribution < 1.29 is 4.79 Å². The van der Waals surface area contributed by atoms with Gasteiger partial charge in [0.1, 0.15) is 0 Å². The second-order valence-corrected chi connectivity index (χ2v) is 5.30. The fraction of sp³-hybridized carbons (Fsp3) is 0.786. The molecule has 1 atom stereocenters. The van der Waals surface area contributed by atoms with Crippen LogP contribution in [0.2, 0.25) is 0 Å². The van der Waals surface area contributed by atoms with E-state index in [0.717, 1.165) is 19.5 Å². The summed E-state index contributed by atoms with van der Waals surface area (Å²) in [5.74, 6) is 0.233. The van der Waals surface area contributed by atoms with Crippen molar-refractivity contribution >= 4 is 5.91 Å². The highest BCUT2D eigenvalue weighted by Gasteiger charge is 2.30. The van der Waals surface area contributed by atoms with Crippen LogP contribution in [0.4, 0.5) is 0 Å². The van der Waals surface area contributed by atoms with E-state index in [1.165, 1.54) is 32.4 Å². The molecule has 2 heterocycles. The molecule has 2 rings (SSSR count). The van der Waals surface area contributed by atoms with Gasteiger partial charge in [-0.3, -0.25) is 9.69 Å². The van der Waals surface area contributed by atoms with Crippen molar-refractivity contribution in [3.05, 3.63) is 12.7 Å². The van der Waals surface area contributed by atoms with Crippen molar-refractivity contribution in [1.29, 1.82) is 0 Å². The zero-order chi connectivity index (χ0) is 12.8. The lowest BCUT2D eigenvalue weighted by Crippen LogP contribution is -2.43. The first kappa shape index (κ1) is 13.6. The van der Waals surface area contributed by atoms with Crippen molar-refractivity contribution in [2.24, 2.45) is 0 Å². The maximum Gasteiger partial charge on any atom is 0.236 e. The smallest absolute Gasteiger partial charge is 0.236 e. The van der Waals surface area contributed by atoms with Gasteiger partial charge in [0.05, 0.1) is 6.54 Å². The molecule has 102 valence electrons. The van der Waals surface area contributed by atoms with E-state index in [4.69, 9.17) is 0 Å². The normalized spacial score (nSPS) is 25.3.